The number of ether oxygens (including phenoxy) is 2. The predicted octanol–water partition coefficient (Wildman–Crippen LogP) is 9.86. The Balaban J connectivity index is 0.000000325. The van der Waals surface area contributed by atoms with Gasteiger partial charge in [-0.1, -0.05) is 39.7 Å². The smallest absolute Gasteiger partial charge is 0.182 e. The molecule has 49 heavy (non-hydrogen) atoms. The molecule has 0 amide bonds. The molecule has 0 spiro atoms. The molecule has 4 aromatic heterocycles. The summed E-state index contributed by atoms with van der Waals surface area (Å²) in [6.45, 7) is 13.0. The summed E-state index contributed by atoms with van der Waals surface area (Å²) in [7, 11) is 0. The second kappa shape index (κ2) is 25.5. The van der Waals surface area contributed by atoms with E-state index in [9.17, 15) is 9.59 Å². The van der Waals surface area contributed by atoms with Crippen LogP contribution in [0.5, 0.6) is 11.5 Å². The average molecular weight is 732 g/mol. The summed E-state index contributed by atoms with van der Waals surface area (Å²) in [6.07, 6.45) is 22.9. The van der Waals surface area contributed by atoms with Gasteiger partial charge in [0.15, 0.2) is 10.9 Å². The summed E-state index contributed by atoms with van der Waals surface area (Å²) in [6, 6.07) is 13.3. The highest BCUT2D eigenvalue weighted by molar-refractivity contribution is 9.09. The molecule has 0 bridgehead atoms. The molecule has 4 rings (SSSR count). The molecule has 0 unspecified atom stereocenters. The van der Waals surface area contributed by atoms with Crippen molar-refractivity contribution in [2.75, 3.05) is 18.5 Å². The number of pyridine rings is 4. The van der Waals surface area contributed by atoms with Crippen LogP contribution >= 0.6 is 15.9 Å². The molecule has 4 aromatic rings. The van der Waals surface area contributed by atoms with Gasteiger partial charge in [0, 0.05) is 66.5 Å². The molecule has 0 saturated heterocycles. The molecule has 4 heterocycles. The minimum Gasteiger partial charge on any atom is -0.493 e. The van der Waals surface area contributed by atoms with Crippen LogP contribution in [0.2, 0.25) is 0 Å². The zero-order valence-corrected chi connectivity index (χ0v) is 30.6. The third-order valence-electron chi connectivity index (χ3n) is 6.84. The van der Waals surface area contributed by atoms with Crippen LogP contribution < -0.4 is 20.3 Å². The quantitative estimate of drug-likeness (QED) is 0.0599. The molecular formula is C40H51BrN4O4. The highest BCUT2D eigenvalue weighted by Crippen LogP contribution is 2.23. The fourth-order valence-corrected chi connectivity index (χ4v) is 4.67. The van der Waals surface area contributed by atoms with E-state index in [1.54, 1.807) is 24.8 Å². The molecule has 9 heteroatoms. The fraction of sp³-hybridized carbons (Fsp3) is 0.350. The molecule has 0 atom stereocenters. The van der Waals surface area contributed by atoms with Gasteiger partial charge in [0.25, 0.3) is 0 Å². The number of halogens is 1. The number of rotatable bonds is 18. The maximum Gasteiger partial charge on any atom is 0.182 e. The standard InChI is InChI=1S/C24H32N2O2.C10H8N2O2.C6H11Br/c1-4-5-6-9-16-27-21-12-14-25-23(18-21)24-19-22(13-15-26-24)28-17-10-7-8-11-20(2)3;13-7-1-3-11-9(5-7)10-6-8(14)2-4-12-10;1-2-3-4-5-6-7/h4,11-15,18-19H,1,5-10,16-17H2,2-3H3;1-6H,(H,11,13)(H,12,14);2H,1,3-6H2. The van der Waals surface area contributed by atoms with Gasteiger partial charge in [-0.2, -0.15) is 0 Å². The van der Waals surface area contributed by atoms with Gasteiger partial charge in [-0.3, -0.25) is 19.6 Å². The van der Waals surface area contributed by atoms with Crippen LogP contribution in [0.1, 0.15) is 71.6 Å². The molecule has 262 valence electrons. The zero-order valence-electron chi connectivity index (χ0n) is 29.0. The van der Waals surface area contributed by atoms with E-state index in [0.29, 0.717) is 24.6 Å². The number of aromatic nitrogens is 4. The summed E-state index contributed by atoms with van der Waals surface area (Å²) in [4.78, 5) is 36.7. The van der Waals surface area contributed by atoms with E-state index in [2.05, 4.69) is 68.9 Å². The number of hydrogen-bond donors (Lipinski definition) is 2. The van der Waals surface area contributed by atoms with Gasteiger partial charge in [0.05, 0.1) is 36.0 Å². The van der Waals surface area contributed by atoms with Crippen LogP contribution in [0, 0.1) is 0 Å². The van der Waals surface area contributed by atoms with Gasteiger partial charge >= 0.3 is 0 Å². The Bertz CT molecular complexity index is 1610. The van der Waals surface area contributed by atoms with Gasteiger partial charge in [-0.05, 0) is 83.8 Å². The number of nitrogens with one attached hydrogen (secondary N) is 2. The van der Waals surface area contributed by atoms with E-state index >= 15 is 0 Å². The van der Waals surface area contributed by atoms with E-state index in [0.717, 1.165) is 73.2 Å². The number of nitrogens with zero attached hydrogens (tertiary/aromatic N) is 2. The largest absolute Gasteiger partial charge is 0.493 e. The number of H-pyrrole nitrogens is 2. The molecule has 0 saturated carbocycles. The van der Waals surface area contributed by atoms with Crippen LogP contribution in [-0.4, -0.2) is 38.5 Å². The number of unbranched alkanes of at least 4 members (excludes halogenated alkanes) is 6. The first-order chi connectivity index (χ1) is 23.9. The molecule has 0 aliphatic carbocycles. The predicted molar refractivity (Wildman–Crippen MR) is 207 cm³/mol. The highest BCUT2D eigenvalue weighted by Gasteiger charge is 2.06. The van der Waals surface area contributed by atoms with Crippen LogP contribution in [0.15, 0.2) is 120 Å². The lowest BCUT2D eigenvalue weighted by Gasteiger charge is -2.09. The van der Waals surface area contributed by atoms with Gasteiger partial charge in [-0.25, -0.2) is 0 Å². The number of aromatic amines is 2. The van der Waals surface area contributed by atoms with Crippen LogP contribution in [0.4, 0.5) is 0 Å². The van der Waals surface area contributed by atoms with E-state index in [1.165, 1.54) is 42.7 Å². The lowest BCUT2D eigenvalue weighted by atomic mass is 10.2. The molecule has 0 aromatic carbocycles. The zero-order chi connectivity index (χ0) is 35.5. The van der Waals surface area contributed by atoms with E-state index < -0.39 is 0 Å². The first-order valence-corrected chi connectivity index (χ1v) is 18.0. The molecule has 0 aliphatic rings. The van der Waals surface area contributed by atoms with Crippen LogP contribution in [-0.2, 0) is 0 Å². The minimum atomic E-state index is -0.0940. The Morgan fingerprint density at radius 1 is 0.694 bits per heavy atom. The lowest BCUT2D eigenvalue weighted by molar-refractivity contribution is 0.306. The SMILES string of the molecule is C=CCCCCBr.C=CCCCCOc1ccnc(-c2cc(OCCCCC=C(C)C)ccn2)c1.O=c1cc[nH]c(-c2cc(=O)cc[nH]2)c1. The van der Waals surface area contributed by atoms with Crippen molar-refractivity contribution in [3.8, 4) is 34.3 Å². The third kappa shape index (κ3) is 18.6. The van der Waals surface area contributed by atoms with Gasteiger partial charge < -0.3 is 19.4 Å². The van der Waals surface area contributed by atoms with Crippen molar-refractivity contribution in [3.05, 3.63) is 131 Å². The fourth-order valence-electron chi connectivity index (χ4n) is 4.28. The second-order valence-corrected chi connectivity index (χ2v) is 12.2. The van der Waals surface area contributed by atoms with E-state index in [-0.39, 0.29) is 10.9 Å². The Hall–Kier alpha value is -4.50. The molecular weight excluding hydrogens is 680 g/mol. The molecule has 2 N–H and O–H groups in total. The highest BCUT2D eigenvalue weighted by atomic mass is 79.9. The summed E-state index contributed by atoms with van der Waals surface area (Å²) >= 11 is 3.35. The lowest BCUT2D eigenvalue weighted by Crippen LogP contribution is -2.02. The summed E-state index contributed by atoms with van der Waals surface area (Å²) in [5.41, 5.74) is 3.98. The maximum absolute atomic E-state index is 11.0. The molecule has 0 aliphatic heterocycles. The van der Waals surface area contributed by atoms with Crippen molar-refractivity contribution in [1.29, 1.82) is 0 Å². The van der Waals surface area contributed by atoms with Gasteiger partial charge in [0.1, 0.15) is 11.5 Å². The van der Waals surface area contributed by atoms with Gasteiger partial charge in [0.2, 0.25) is 0 Å². The van der Waals surface area contributed by atoms with Crippen molar-refractivity contribution < 1.29 is 9.47 Å². The van der Waals surface area contributed by atoms with E-state index in [1.807, 2.05) is 36.4 Å². The van der Waals surface area contributed by atoms with Gasteiger partial charge in [-0.15, -0.1) is 13.2 Å². The van der Waals surface area contributed by atoms with E-state index in [4.69, 9.17) is 9.47 Å². The first-order valence-electron chi connectivity index (χ1n) is 16.8. The Morgan fingerprint density at radius 3 is 1.59 bits per heavy atom. The monoisotopic (exact) mass is 730 g/mol. The van der Waals surface area contributed by atoms with Crippen molar-refractivity contribution in [2.45, 2.75) is 71.6 Å². The summed E-state index contributed by atoms with van der Waals surface area (Å²) in [5.74, 6) is 1.64. The summed E-state index contributed by atoms with van der Waals surface area (Å²) < 4.78 is 11.7. The van der Waals surface area contributed by atoms with Crippen LogP contribution in [0.25, 0.3) is 22.8 Å². The number of alkyl halides is 1. The molecule has 0 fully saturated rings. The first kappa shape index (κ1) is 40.7. The maximum atomic E-state index is 11.0. The van der Waals surface area contributed by atoms with Crippen molar-refractivity contribution in [3.63, 3.8) is 0 Å². The molecule has 0 radical (unpaired) electrons. The van der Waals surface area contributed by atoms with Crippen LogP contribution in [0.3, 0.4) is 0 Å². The topological polar surface area (TPSA) is 110 Å². The minimum absolute atomic E-state index is 0.0940. The second-order valence-electron chi connectivity index (χ2n) is 11.4. The van der Waals surface area contributed by atoms with Crippen molar-refractivity contribution in [2.24, 2.45) is 0 Å². The third-order valence-corrected chi connectivity index (χ3v) is 7.41. The molecule has 8 nitrogen and oxygen atoms in total. The Labute approximate surface area is 299 Å². The number of hydrogen-bond acceptors (Lipinski definition) is 6. The summed E-state index contributed by atoms with van der Waals surface area (Å²) in [5, 5.41) is 1.13. The van der Waals surface area contributed by atoms with Crippen molar-refractivity contribution in [1.82, 2.24) is 19.9 Å². The normalized spacial score (nSPS) is 10.0. The average Bonchev–Trinajstić information content (AvgIpc) is 3.11. The number of allylic oxidation sites excluding steroid dienone is 4. The Morgan fingerprint density at radius 2 is 1.16 bits per heavy atom. The Kier molecular flexibility index (Phi) is 21.2. The van der Waals surface area contributed by atoms with Crippen molar-refractivity contribution >= 4 is 15.9 Å².